The van der Waals surface area contributed by atoms with Gasteiger partial charge in [0.25, 0.3) is 0 Å². The summed E-state index contributed by atoms with van der Waals surface area (Å²) in [5.41, 5.74) is 10.6. The summed E-state index contributed by atoms with van der Waals surface area (Å²) < 4.78 is 0. The number of amides is 4. The molecule has 0 saturated carbocycles. The molecule has 13 heteroatoms. The average molecular weight is 383 g/mol. The Labute approximate surface area is 153 Å². The number of hydrogen-bond donors (Lipinski definition) is 7. The number of carboxylic acids is 1. The van der Waals surface area contributed by atoms with Crippen molar-refractivity contribution in [2.45, 2.75) is 24.9 Å². The average Bonchev–Trinajstić information content (AvgIpc) is 3.10. The topological polar surface area (TPSA) is 222 Å². The lowest BCUT2D eigenvalue weighted by Gasteiger charge is -2.20. The summed E-state index contributed by atoms with van der Waals surface area (Å²) in [6.45, 7) is -0.731. The molecule has 148 valence electrons. The molecule has 0 aromatic carbocycles. The second kappa shape index (κ2) is 10.5. The fourth-order valence-corrected chi connectivity index (χ4v) is 2.00. The fraction of sp³-hybridized carbons (Fsp3) is 0.429. The van der Waals surface area contributed by atoms with Gasteiger partial charge in [-0.1, -0.05) is 0 Å². The molecule has 27 heavy (non-hydrogen) atoms. The maximum Gasteiger partial charge on any atom is 0.326 e. The molecule has 0 saturated heterocycles. The smallest absolute Gasteiger partial charge is 0.326 e. The van der Waals surface area contributed by atoms with Gasteiger partial charge in [-0.25, -0.2) is 9.78 Å². The van der Waals surface area contributed by atoms with Crippen LogP contribution in [0.2, 0.25) is 0 Å². The van der Waals surface area contributed by atoms with E-state index in [0.717, 1.165) is 0 Å². The maximum absolute atomic E-state index is 12.4. The summed E-state index contributed by atoms with van der Waals surface area (Å²) in [7, 11) is 0. The van der Waals surface area contributed by atoms with Gasteiger partial charge >= 0.3 is 5.97 Å². The van der Waals surface area contributed by atoms with E-state index in [9.17, 15) is 24.0 Å². The normalized spacial score (nSPS) is 12.5. The standard InChI is InChI=1S/C14H21N7O6/c15-3-11(23)18-5-12(24)20-8(1-7-4-17-6-19-7)13(25)21-9(14(26)27)2-10(16)22/h4,6,8-9H,1-3,5,15H2,(H2,16,22)(H,17,19)(H,18,23)(H,20,24)(H,21,25)(H,26,27). The molecule has 0 radical (unpaired) electrons. The number of carbonyl (C=O) groups excluding carboxylic acids is 4. The predicted octanol–water partition coefficient (Wildman–Crippen LogP) is -4.04. The van der Waals surface area contributed by atoms with E-state index >= 15 is 0 Å². The molecule has 4 amide bonds. The molecule has 13 nitrogen and oxygen atoms in total. The van der Waals surface area contributed by atoms with Crippen LogP contribution in [0.25, 0.3) is 0 Å². The second-order valence-corrected chi connectivity index (χ2v) is 5.45. The molecule has 0 aliphatic heterocycles. The van der Waals surface area contributed by atoms with E-state index in [4.69, 9.17) is 16.6 Å². The Morgan fingerprint density at radius 2 is 1.85 bits per heavy atom. The first-order valence-electron chi connectivity index (χ1n) is 7.77. The van der Waals surface area contributed by atoms with Gasteiger partial charge in [-0.3, -0.25) is 19.2 Å². The van der Waals surface area contributed by atoms with Gasteiger partial charge in [0.15, 0.2) is 0 Å². The summed E-state index contributed by atoms with van der Waals surface area (Å²) in [6.07, 6.45) is 2.13. The highest BCUT2D eigenvalue weighted by Crippen LogP contribution is 2.01. The number of aromatic nitrogens is 2. The van der Waals surface area contributed by atoms with Gasteiger partial charge in [-0.05, 0) is 0 Å². The molecule has 0 aliphatic carbocycles. The quantitative estimate of drug-likeness (QED) is 0.199. The maximum atomic E-state index is 12.4. The molecule has 1 aromatic heterocycles. The van der Waals surface area contributed by atoms with Crippen LogP contribution in [-0.4, -0.2) is 69.8 Å². The van der Waals surface area contributed by atoms with Gasteiger partial charge < -0.3 is 37.5 Å². The summed E-state index contributed by atoms with van der Waals surface area (Å²) in [5.74, 6) is -4.48. The van der Waals surface area contributed by atoms with Crippen LogP contribution in [0.4, 0.5) is 0 Å². The van der Waals surface area contributed by atoms with Gasteiger partial charge in [-0.15, -0.1) is 0 Å². The third-order valence-corrected chi connectivity index (χ3v) is 3.28. The Balaban J connectivity index is 2.81. The molecule has 1 aromatic rings. The van der Waals surface area contributed by atoms with Crippen molar-refractivity contribution in [1.29, 1.82) is 0 Å². The first kappa shape index (κ1) is 21.6. The number of hydrogen-bond acceptors (Lipinski definition) is 7. The number of nitrogens with one attached hydrogen (secondary N) is 4. The van der Waals surface area contributed by atoms with Crippen LogP contribution >= 0.6 is 0 Å². The highest BCUT2D eigenvalue weighted by Gasteiger charge is 2.28. The third-order valence-electron chi connectivity index (χ3n) is 3.28. The number of primary amides is 1. The van der Waals surface area contributed by atoms with Crippen LogP contribution in [-0.2, 0) is 30.4 Å². The van der Waals surface area contributed by atoms with Crippen molar-refractivity contribution in [2.75, 3.05) is 13.1 Å². The van der Waals surface area contributed by atoms with E-state index in [2.05, 4.69) is 25.9 Å². The summed E-state index contributed by atoms with van der Waals surface area (Å²) >= 11 is 0. The molecule has 1 heterocycles. The largest absolute Gasteiger partial charge is 0.480 e. The molecule has 2 unspecified atom stereocenters. The third kappa shape index (κ3) is 7.96. The summed E-state index contributed by atoms with van der Waals surface area (Å²) in [6, 6.07) is -2.74. The number of aromatic amines is 1. The minimum absolute atomic E-state index is 0.0364. The molecule has 9 N–H and O–H groups in total. The van der Waals surface area contributed by atoms with Gasteiger partial charge in [0.05, 0.1) is 25.8 Å². The number of aliphatic carboxylic acids is 1. The number of imidazole rings is 1. The Kier molecular flexibility index (Phi) is 8.38. The van der Waals surface area contributed by atoms with E-state index in [1.54, 1.807) is 0 Å². The molecule has 0 spiro atoms. The van der Waals surface area contributed by atoms with Crippen LogP contribution in [0.3, 0.4) is 0 Å². The molecule has 0 aliphatic rings. The van der Waals surface area contributed by atoms with Gasteiger partial charge in [0.2, 0.25) is 23.6 Å². The monoisotopic (exact) mass is 383 g/mol. The number of nitrogens with two attached hydrogens (primary N) is 2. The second-order valence-electron chi connectivity index (χ2n) is 5.45. The number of carboxylic acid groups (broad SMARTS) is 1. The number of H-pyrrole nitrogens is 1. The van der Waals surface area contributed by atoms with E-state index in [-0.39, 0.29) is 13.0 Å². The Morgan fingerprint density at radius 3 is 2.37 bits per heavy atom. The van der Waals surface area contributed by atoms with E-state index in [0.29, 0.717) is 5.69 Å². The molecule has 0 bridgehead atoms. The lowest BCUT2D eigenvalue weighted by molar-refractivity contribution is -0.143. The first-order valence-corrected chi connectivity index (χ1v) is 7.77. The Hall–Kier alpha value is -3.48. The number of rotatable bonds is 11. The molecule has 1 rings (SSSR count). The molecular weight excluding hydrogens is 362 g/mol. The lowest BCUT2D eigenvalue weighted by Crippen LogP contribution is -2.54. The van der Waals surface area contributed by atoms with Gasteiger partial charge in [-0.2, -0.15) is 0 Å². The van der Waals surface area contributed by atoms with Crippen LogP contribution in [0.1, 0.15) is 12.1 Å². The Morgan fingerprint density at radius 1 is 1.15 bits per heavy atom. The lowest BCUT2D eigenvalue weighted by atomic mass is 10.1. The molecule has 0 fully saturated rings. The minimum Gasteiger partial charge on any atom is -0.480 e. The van der Waals surface area contributed by atoms with Crippen molar-refractivity contribution in [3.63, 3.8) is 0 Å². The van der Waals surface area contributed by atoms with Crippen LogP contribution < -0.4 is 27.4 Å². The van der Waals surface area contributed by atoms with Crippen molar-refractivity contribution in [2.24, 2.45) is 11.5 Å². The first-order chi connectivity index (χ1) is 12.7. The Bertz CT molecular complexity index is 690. The number of carbonyl (C=O) groups is 5. The van der Waals surface area contributed by atoms with Crippen molar-refractivity contribution in [3.05, 3.63) is 18.2 Å². The summed E-state index contributed by atoms with van der Waals surface area (Å²) in [5, 5.41) is 15.8. The van der Waals surface area contributed by atoms with Crippen LogP contribution in [0.5, 0.6) is 0 Å². The molecule has 2 atom stereocenters. The fourth-order valence-electron chi connectivity index (χ4n) is 2.00. The minimum atomic E-state index is -1.55. The van der Waals surface area contributed by atoms with Gasteiger partial charge in [0.1, 0.15) is 12.1 Å². The molecular formula is C14H21N7O6. The van der Waals surface area contributed by atoms with E-state index < -0.39 is 54.6 Å². The summed E-state index contributed by atoms with van der Waals surface area (Å²) in [4.78, 5) is 64.1. The van der Waals surface area contributed by atoms with Gasteiger partial charge in [0, 0.05) is 18.3 Å². The predicted molar refractivity (Wildman–Crippen MR) is 89.7 cm³/mol. The van der Waals surface area contributed by atoms with Crippen LogP contribution in [0.15, 0.2) is 12.5 Å². The zero-order valence-electron chi connectivity index (χ0n) is 14.2. The highest BCUT2D eigenvalue weighted by atomic mass is 16.4. The van der Waals surface area contributed by atoms with Crippen molar-refractivity contribution in [1.82, 2.24) is 25.9 Å². The van der Waals surface area contributed by atoms with Crippen molar-refractivity contribution in [3.8, 4) is 0 Å². The highest BCUT2D eigenvalue weighted by molar-refractivity contribution is 5.93. The number of nitrogens with zero attached hydrogens (tertiary/aromatic N) is 1. The van der Waals surface area contributed by atoms with E-state index in [1.165, 1.54) is 12.5 Å². The van der Waals surface area contributed by atoms with Crippen molar-refractivity contribution < 1.29 is 29.1 Å². The SMILES string of the molecule is NCC(=O)NCC(=O)NC(Cc1cnc[nH]1)C(=O)NC(CC(N)=O)C(=O)O. The van der Waals surface area contributed by atoms with Crippen LogP contribution in [0, 0.1) is 0 Å². The van der Waals surface area contributed by atoms with E-state index in [1.807, 2.05) is 0 Å². The van der Waals surface area contributed by atoms with Crippen molar-refractivity contribution >= 4 is 29.6 Å². The zero-order valence-corrected chi connectivity index (χ0v) is 14.2. The zero-order chi connectivity index (χ0) is 20.4.